The number of benzene rings is 2. The number of halogens is 2. The maximum absolute atomic E-state index is 13.1. The zero-order chi connectivity index (χ0) is 14.1. The summed E-state index contributed by atoms with van der Waals surface area (Å²) in [6.07, 6.45) is 0.917. The quantitative estimate of drug-likeness (QED) is 0.439. The van der Waals surface area contributed by atoms with Crippen LogP contribution in [-0.4, -0.2) is 15.9 Å². The van der Waals surface area contributed by atoms with E-state index in [2.05, 4.69) is 12.1 Å². The topological polar surface area (TPSA) is 3.24 Å². The normalized spacial score (nSPS) is 17.7. The van der Waals surface area contributed by atoms with Gasteiger partial charge in [0.1, 0.15) is 5.82 Å². The molecule has 3 rings (SSSR count). The van der Waals surface area contributed by atoms with E-state index in [9.17, 15) is 4.39 Å². The number of nitrogens with zero attached hydrogens (tertiary/aromatic N) is 1. The third-order valence-electron chi connectivity index (χ3n) is 3.69. The molecular formula is C16H13ClFNS. The van der Waals surface area contributed by atoms with Gasteiger partial charge in [-0.25, -0.2) is 4.39 Å². The van der Waals surface area contributed by atoms with Gasteiger partial charge >= 0.3 is 0 Å². The van der Waals surface area contributed by atoms with Crippen LogP contribution >= 0.6 is 23.8 Å². The summed E-state index contributed by atoms with van der Waals surface area (Å²) in [5.41, 5.74) is 3.49. The summed E-state index contributed by atoms with van der Waals surface area (Å²) in [5, 5.41) is 0. The van der Waals surface area contributed by atoms with Gasteiger partial charge in [0.25, 0.3) is 0 Å². The Morgan fingerprint density at radius 1 is 1.15 bits per heavy atom. The molecular weight excluding hydrogens is 293 g/mol. The highest BCUT2D eigenvalue weighted by atomic mass is 35.5. The van der Waals surface area contributed by atoms with Gasteiger partial charge in [-0.15, -0.1) is 0 Å². The van der Waals surface area contributed by atoms with Crippen LogP contribution in [0, 0.1) is 5.82 Å². The number of hydrogen-bond donors (Lipinski definition) is 0. The zero-order valence-electron chi connectivity index (χ0n) is 10.7. The number of hydrogen-bond acceptors (Lipinski definition) is 1. The minimum absolute atomic E-state index is 0.0365. The molecule has 0 saturated heterocycles. The standard InChI is InChI=1S/C16H13ClFNS/c17-16(20)19-10-9-11-3-1-2-4-14(11)15(19)12-5-7-13(18)8-6-12/h1-8,15H,9-10H2/t15-/m0/s1. The monoisotopic (exact) mass is 305 g/mol. The fourth-order valence-electron chi connectivity index (χ4n) is 2.76. The molecule has 0 aliphatic carbocycles. The lowest BCUT2D eigenvalue weighted by atomic mass is 9.88. The summed E-state index contributed by atoms with van der Waals surface area (Å²) >= 11 is 11.2. The molecule has 20 heavy (non-hydrogen) atoms. The Labute approximate surface area is 128 Å². The first-order valence-electron chi connectivity index (χ1n) is 6.46. The van der Waals surface area contributed by atoms with Crippen molar-refractivity contribution in [3.8, 4) is 0 Å². The van der Waals surface area contributed by atoms with Crippen molar-refractivity contribution < 1.29 is 4.39 Å². The second-order valence-corrected chi connectivity index (χ2v) is 5.82. The van der Waals surface area contributed by atoms with E-state index in [-0.39, 0.29) is 11.9 Å². The lowest BCUT2D eigenvalue weighted by Crippen LogP contribution is -2.37. The summed E-state index contributed by atoms with van der Waals surface area (Å²) in [6.45, 7) is 0.779. The molecule has 0 fully saturated rings. The van der Waals surface area contributed by atoms with Gasteiger partial charge in [-0.05, 0) is 47.5 Å². The van der Waals surface area contributed by atoms with E-state index in [1.54, 1.807) is 12.1 Å². The Balaban J connectivity index is 2.11. The van der Waals surface area contributed by atoms with Crippen LogP contribution in [0.1, 0.15) is 22.7 Å². The van der Waals surface area contributed by atoms with E-state index in [0.717, 1.165) is 18.5 Å². The summed E-state index contributed by atoms with van der Waals surface area (Å²) in [6, 6.07) is 14.8. The molecule has 0 N–H and O–H groups in total. The van der Waals surface area contributed by atoms with E-state index in [4.69, 9.17) is 23.8 Å². The molecule has 1 aliphatic rings. The number of thiocarbonyl (C=S) groups is 1. The van der Waals surface area contributed by atoms with Crippen LogP contribution in [0.5, 0.6) is 0 Å². The van der Waals surface area contributed by atoms with Gasteiger partial charge in [-0.1, -0.05) is 48.0 Å². The van der Waals surface area contributed by atoms with E-state index in [1.807, 2.05) is 17.0 Å². The second-order valence-electron chi connectivity index (χ2n) is 4.85. The van der Waals surface area contributed by atoms with Crippen molar-refractivity contribution in [3.05, 3.63) is 71.0 Å². The van der Waals surface area contributed by atoms with Gasteiger partial charge in [0, 0.05) is 6.54 Å². The Kier molecular flexibility index (Phi) is 3.72. The molecule has 102 valence electrons. The predicted octanol–water partition coefficient (Wildman–Crippen LogP) is 4.30. The molecule has 4 heteroatoms. The fraction of sp³-hybridized carbons (Fsp3) is 0.188. The molecule has 0 saturated carbocycles. The lowest BCUT2D eigenvalue weighted by Gasteiger charge is -2.37. The Morgan fingerprint density at radius 2 is 1.85 bits per heavy atom. The van der Waals surface area contributed by atoms with Gasteiger partial charge in [0.15, 0.2) is 4.45 Å². The second kappa shape index (κ2) is 5.51. The average Bonchev–Trinajstić information content (AvgIpc) is 2.47. The van der Waals surface area contributed by atoms with Crippen LogP contribution in [0.4, 0.5) is 4.39 Å². The van der Waals surface area contributed by atoms with Gasteiger partial charge in [-0.2, -0.15) is 0 Å². The van der Waals surface area contributed by atoms with E-state index in [1.165, 1.54) is 23.3 Å². The Bertz CT molecular complexity index is 641. The maximum atomic E-state index is 13.1. The molecule has 0 spiro atoms. The number of rotatable bonds is 1. The van der Waals surface area contributed by atoms with Crippen LogP contribution in [0.15, 0.2) is 48.5 Å². The van der Waals surface area contributed by atoms with Gasteiger partial charge in [0.05, 0.1) is 6.04 Å². The van der Waals surface area contributed by atoms with Crippen molar-refractivity contribution in [2.75, 3.05) is 6.54 Å². The summed E-state index contributed by atoms with van der Waals surface area (Å²) in [7, 11) is 0. The van der Waals surface area contributed by atoms with Gasteiger partial charge < -0.3 is 4.90 Å². The Morgan fingerprint density at radius 3 is 2.55 bits per heavy atom. The van der Waals surface area contributed by atoms with Crippen LogP contribution in [-0.2, 0) is 6.42 Å². The zero-order valence-corrected chi connectivity index (χ0v) is 12.3. The largest absolute Gasteiger partial charge is 0.342 e. The molecule has 0 radical (unpaired) electrons. The first kappa shape index (κ1) is 13.5. The van der Waals surface area contributed by atoms with Crippen molar-refractivity contribution in [1.29, 1.82) is 0 Å². The van der Waals surface area contributed by atoms with Crippen LogP contribution in [0.3, 0.4) is 0 Å². The summed E-state index contributed by atoms with van der Waals surface area (Å²) in [4.78, 5) is 1.99. The SMILES string of the molecule is Fc1ccc([C@H]2c3ccccc3CCN2C(=S)Cl)cc1. The Hall–Kier alpha value is -1.45. The van der Waals surface area contributed by atoms with E-state index in [0.29, 0.717) is 4.45 Å². The first-order valence-corrected chi connectivity index (χ1v) is 7.25. The van der Waals surface area contributed by atoms with E-state index >= 15 is 0 Å². The summed E-state index contributed by atoms with van der Waals surface area (Å²) < 4.78 is 13.5. The highest BCUT2D eigenvalue weighted by Gasteiger charge is 2.29. The summed E-state index contributed by atoms with van der Waals surface area (Å²) in [5.74, 6) is -0.238. The minimum atomic E-state index is -0.238. The lowest BCUT2D eigenvalue weighted by molar-refractivity contribution is 0.349. The third kappa shape index (κ3) is 2.43. The van der Waals surface area contributed by atoms with Crippen molar-refractivity contribution in [1.82, 2.24) is 4.90 Å². The van der Waals surface area contributed by atoms with Crippen LogP contribution < -0.4 is 0 Å². The van der Waals surface area contributed by atoms with Gasteiger partial charge in [0.2, 0.25) is 0 Å². The van der Waals surface area contributed by atoms with E-state index < -0.39 is 0 Å². The van der Waals surface area contributed by atoms with Crippen molar-refractivity contribution in [2.45, 2.75) is 12.5 Å². The minimum Gasteiger partial charge on any atom is -0.342 e. The molecule has 1 aliphatic heterocycles. The molecule has 2 aromatic rings. The number of fused-ring (bicyclic) bond motifs is 1. The molecule has 0 bridgehead atoms. The molecule has 0 amide bonds. The molecule has 0 unspecified atom stereocenters. The average molecular weight is 306 g/mol. The molecule has 1 heterocycles. The maximum Gasteiger partial charge on any atom is 0.170 e. The van der Waals surface area contributed by atoms with Crippen LogP contribution in [0.25, 0.3) is 0 Å². The smallest absolute Gasteiger partial charge is 0.170 e. The molecule has 2 aromatic carbocycles. The molecule has 1 atom stereocenters. The molecule has 1 nitrogen and oxygen atoms in total. The third-order valence-corrected chi connectivity index (χ3v) is 4.15. The first-order chi connectivity index (χ1) is 9.66. The highest BCUT2D eigenvalue weighted by molar-refractivity contribution is 7.83. The van der Waals surface area contributed by atoms with Crippen molar-refractivity contribution in [3.63, 3.8) is 0 Å². The predicted molar refractivity (Wildman–Crippen MR) is 83.5 cm³/mol. The van der Waals surface area contributed by atoms with Crippen molar-refractivity contribution >= 4 is 28.3 Å². The van der Waals surface area contributed by atoms with Crippen molar-refractivity contribution in [2.24, 2.45) is 0 Å². The fourth-order valence-corrected chi connectivity index (χ4v) is 3.14. The van der Waals surface area contributed by atoms with Gasteiger partial charge in [-0.3, -0.25) is 0 Å². The molecule has 0 aromatic heterocycles. The van der Waals surface area contributed by atoms with Crippen LogP contribution in [0.2, 0.25) is 0 Å². The highest BCUT2D eigenvalue weighted by Crippen LogP contribution is 2.35.